The van der Waals surface area contributed by atoms with Gasteiger partial charge in [-0.2, -0.15) is 0 Å². The van der Waals surface area contributed by atoms with Crippen LogP contribution >= 0.6 is 0 Å². The number of ether oxygens (including phenoxy) is 1. The fraction of sp³-hybridized carbons (Fsp3) is 0.429. The molecule has 2 bridgehead atoms. The molecule has 10 rings (SSSR count). The zero-order valence-electron chi connectivity index (χ0n) is 34.3. The van der Waals surface area contributed by atoms with Gasteiger partial charge in [0.2, 0.25) is 11.8 Å². The first-order chi connectivity index (χ1) is 29.7. The van der Waals surface area contributed by atoms with Crippen LogP contribution in [0.3, 0.4) is 0 Å². The molecular formula is C49H52FN5O6. The third-order valence-electron chi connectivity index (χ3n) is 14.4. The molecule has 0 saturated carbocycles. The van der Waals surface area contributed by atoms with Crippen molar-refractivity contribution in [2.75, 3.05) is 50.8 Å². The Morgan fingerprint density at radius 1 is 0.754 bits per heavy atom. The van der Waals surface area contributed by atoms with Crippen molar-refractivity contribution in [1.82, 2.24) is 20.0 Å². The minimum Gasteiger partial charge on any atom is -0.508 e. The number of aryl methyl sites for hydroxylation is 1. The first-order valence-corrected chi connectivity index (χ1v) is 22.1. The molecular weight excluding hydrogens is 774 g/mol. The monoisotopic (exact) mass is 825 g/mol. The van der Waals surface area contributed by atoms with Gasteiger partial charge in [0.05, 0.1) is 16.8 Å². The molecule has 3 unspecified atom stereocenters. The molecule has 5 atom stereocenters. The van der Waals surface area contributed by atoms with Crippen LogP contribution in [-0.2, 0) is 16.0 Å². The predicted octanol–water partition coefficient (Wildman–Crippen LogP) is 6.24. The van der Waals surface area contributed by atoms with Crippen molar-refractivity contribution in [3.8, 4) is 11.5 Å². The van der Waals surface area contributed by atoms with Crippen LogP contribution in [0.2, 0.25) is 0 Å². The number of carbonyl (C=O) groups excluding carboxylic acids is 4. The number of piperidine rings is 2. The van der Waals surface area contributed by atoms with Gasteiger partial charge >= 0.3 is 0 Å². The Kier molecular flexibility index (Phi) is 10.6. The first kappa shape index (κ1) is 39.5. The van der Waals surface area contributed by atoms with Crippen LogP contribution in [0, 0.1) is 11.7 Å². The summed E-state index contributed by atoms with van der Waals surface area (Å²) in [6.07, 6.45) is 6.39. The lowest BCUT2D eigenvalue weighted by atomic mass is 9.69. The maximum absolute atomic E-state index is 15.7. The number of likely N-dealkylation sites (tertiary alicyclic amines) is 1. The highest BCUT2D eigenvalue weighted by Gasteiger charge is 2.47. The summed E-state index contributed by atoms with van der Waals surface area (Å²) < 4.78 is 22.0. The van der Waals surface area contributed by atoms with Crippen molar-refractivity contribution in [3.05, 3.63) is 124 Å². The smallest absolute Gasteiger partial charge is 0.262 e. The van der Waals surface area contributed by atoms with E-state index in [9.17, 15) is 24.3 Å². The largest absolute Gasteiger partial charge is 0.508 e. The molecule has 316 valence electrons. The molecule has 5 heterocycles. The summed E-state index contributed by atoms with van der Waals surface area (Å²) in [6, 6.07) is 27.3. The molecule has 4 saturated heterocycles. The van der Waals surface area contributed by atoms with E-state index in [1.54, 1.807) is 0 Å². The van der Waals surface area contributed by atoms with Gasteiger partial charge in [-0.1, -0.05) is 48.5 Å². The Morgan fingerprint density at radius 3 is 2.20 bits per heavy atom. The molecule has 4 fully saturated rings. The lowest BCUT2D eigenvalue weighted by Gasteiger charge is -2.44. The number of carbonyl (C=O) groups is 4. The quantitative estimate of drug-likeness (QED) is 0.179. The van der Waals surface area contributed by atoms with Gasteiger partial charge in [-0.3, -0.25) is 39.2 Å². The summed E-state index contributed by atoms with van der Waals surface area (Å²) in [4.78, 5) is 58.9. The number of rotatable bonds is 10. The molecule has 4 aromatic carbocycles. The number of phenolic OH excluding ortho intramolecular Hbond substituents is 1. The Labute approximate surface area is 355 Å². The van der Waals surface area contributed by atoms with Gasteiger partial charge in [-0.15, -0.1) is 0 Å². The second-order valence-corrected chi connectivity index (χ2v) is 17.9. The van der Waals surface area contributed by atoms with Gasteiger partial charge in [0.15, 0.2) is 0 Å². The van der Waals surface area contributed by atoms with E-state index >= 15 is 4.39 Å². The van der Waals surface area contributed by atoms with E-state index in [1.807, 2.05) is 17.0 Å². The van der Waals surface area contributed by atoms with Crippen molar-refractivity contribution >= 4 is 29.3 Å². The Morgan fingerprint density at radius 2 is 1.48 bits per heavy atom. The molecule has 0 aromatic heterocycles. The molecule has 6 aliphatic rings. The van der Waals surface area contributed by atoms with E-state index in [1.165, 1.54) is 28.3 Å². The van der Waals surface area contributed by atoms with E-state index in [4.69, 9.17) is 4.74 Å². The number of anilines is 1. The topological polar surface area (TPSA) is 123 Å². The second-order valence-electron chi connectivity index (χ2n) is 17.9. The summed E-state index contributed by atoms with van der Waals surface area (Å²) in [5, 5.41) is 12.4. The Balaban J connectivity index is 0.709. The van der Waals surface area contributed by atoms with E-state index in [0.29, 0.717) is 43.0 Å². The number of hydrogen-bond donors (Lipinski definition) is 2. The second kappa shape index (κ2) is 16.4. The van der Waals surface area contributed by atoms with Crippen molar-refractivity contribution < 1.29 is 33.4 Å². The number of amides is 4. The van der Waals surface area contributed by atoms with E-state index in [2.05, 4.69) is 75.8 Å². The average molecular weight is 826 g/mol. The normalized spacial score (nSPS) is 25.8. The minimum absolute atomic E-state index is 0.0312. The predicted molar refractivity (Wildman–Crippen MR) is 227 cm³/mol. The van der Waals surface area contributed by atoms with Crippen molar-refractivity contribution in [2.45, 2.75) is 81.3 Å². The van der Waals surface area contributed by atoms with Crippen molar-refractivity contribution in [2.24, 2.45) is 5.92 Å². The fourth-order valence-corrected chi connectivity index (χ4v) is 11.2. The molecule has 0 spiro atoms. The molecule has 4 amide bonds. The number of benzene rings is 4. The van der Waals surface area contributed by atoms with Gasteiger partial charge in [-0.25, -0.2) is 4.39 Å². The maximum Gasteiger partial charge on any atom is 0.262 e. The summed E-state index contributed by atoms with van der Waals surface area (Å²) in [7, 11) is 0. The lowest BCUT2D eigenvalue weighted by Crippen LogP contribution is -2.55. The van der Waals surface area contributed by atoms with Crippen LogP contribution in [0.5, 0.6) is 11.5 Å². The molecule has 12 heteroatoms. The average Bonchev–Trinajstić information content (AvgIpc) is 3.63. The van der Waals surface area contributed by atoms with Crippen LogP contribution in [0.15, 0.2) is 84.9 Å². The third kappa shape index (κ3) is 7.58. The molecule has 1 aliphatic carbocycles. The van der Waals surface area contributed by atoms with Crippen LogP contribution < -0.4 is 15.0 Å². The fourth-order valence-electron chi connectivity index (χ4n) is 11.2. The summed E-state index contributed by atoms with van der Waals surface area (Å²) in [5.74, 6) is -0.628. The number of nitrogens with zero attached hydrogens (tertiary/aromatic N) is 4. The van der Waals surface area contributed by atoms with Gasteiger partial charge in [-0.05, 0) is 129 Å². The zero-order valence-corrected chi connectivity index (χ0v) is 34.3. The van der Waals surface area contributed by atoms with E-state index in [-0.39, 0.29) is 42.0 Å². The first-order valence-electron chi connectivity index (χ1n) is 22.1. The zero-order chi connectivity index (χ0) is 41.8. The highest BCUT2D eigenvalue weighted by molar-refractivity contribution is 6.23. The molecule has 11 nitrogen and oxygen atoms in total. The number of hydrogen-bond acceptors (Lipinski definition) is 9. The van der Waals surface area contributed by atoms with Gasteiger partial charge in [0.1, 0.15) is 30.0 Å². The number of nitrogens with one attached hydrogen (secondary N) is 1. The number of halogens is 1. The summed E-state index contributed by atoms with van der Waals surface area (Å²) in [5.41, 5.74) is 5.51. The lowest BCUT2D eigenvalue weighted by molar-refractivity contribution is -0.136. The van der Waals surface area contributed by atoms with Crippen LogP contribution in [-0.4, -0.2) is 107 Å². The summed E-state index contributed by atoms with van der Waals surface area (Å²) in [6.45, 7) is 5.88. The number of aromatic hydroxyl groups is 1. The Hall–Kier alpha value is -5.59. The van der Waals surface area contributed by atoms with Gasteiger partial charge in [0.25, 0.3) is 11.8 Å². The molecule has 4 aromatic rings. The summed E-state index contributed by atoms with van der Waals surface area (Å²) >= 11 is 0. The molecule has 0 radical (unpaired) electrons. The third-order valence-corrected chi connectivity index (χ3v) is 14.4. The van der Waals surface area contributed by atoms with Crippen LogP contribution in [0.1, 0.15) is 99.8 Å². The molecule has 2 N–H and O–H groups in total. The van der Waals surface area contributed by atoms with E-state index < -0.39 is 35.5 Å². The van der Waals surface area contributed by atoms with Crippen LogP contribution in [0.25, 0.3) is 0 Å². The minimum atomic E-state index is -1.08. The SMILES string of the molecule is O=C1CCC(N2C(=O)c3cc(F)c(N4CC5CCC(C4)N5CC4CCN(CCOc5ccc([C@@H]6c7ccc(O)cc7CC[C@@H]6c6ccccc6)cc5)CC4)cc3C2=O)C(=O)N1. The number of fused-ring (bicyclic) bond motifs is 4. The highest BCUT2D eigenvalue weighted by atomic mass is 19.1. The van der Waals surface area contributed by atoms with Gasteiger partial charge in [0, 0.05) is 50.6 Å². The van der Waals surface area contributed by atoms with Crippen molar-refractivity contribution in [3.63, 3.8) is 0 Å². The standard InChI is InChI=1S/C49H52FN5O6/c50-42-25-40-41(49(60)55(48(40)59)43-16-17-45(57)51-47(43)58)26-44(42)53-28-34-9-10-35(29-53)54(34)27-30-18-20-52(21-19-30)22-23-61-37-12-6-32(7-13-37)46-38(31-4-2-1-3-5-31)14-8-33-24-36(56)11-15-39(33)46/h1-7,11-13,15,24-26,30,34-35,38,43,46,56H,8-10,14,16-23,27-29H2,(H,51,57,58)/t34?,35?,38-,43?,46+/m1/s1. The molecule has 61 heavy (non-hydrogen) atoms. The van der Waals surface area contributed by atoms with Crippen LogP contribution in [0.4, 0.5) is 10.1 Å². The molecule has 5 aliphatic heterocycles. The van der Waals surface area contributed by atoms with E-state index in [0.717, 1.165) is 81.4 Å². The number of phenols is 1. The van der Waals surface area contributed by atoms with Crippen molar-refractivity contribution in [1.29, 1.82) is 0 Å². The number of imide groups is 2. The number of piperazine rings is 1. The highest BCUT2D eigenvalue weighted by Crippen LogP contribution is 2.47. The van der Waals surface area contributed by atoms with Gasteiger partial charge < -0.3 is 14.7 Å². The Bertz CT molecular complexity index is 2340. The maximum atomic E-state index is 15.7.